The Kier molecular flexibility index (Phi) is 17.5. The first-order valence-corrected chi connectivity index (χ1v) is 32.3. The van der Waals surface area contributed by atoms with Gasteiger partial charge >= 0.3 is 0 Å². The molecule has 0 amide bonds. The van der Waals surface area contributed by atoms with E-state index < -0.39 is 0 Å². The fraction of sp³-hybridized carbons (Fsp3) is 0.186. The van der Waals surface area contributed by atoms with Gasteiger partial charge in [0.1, 0.15) is 0 Å². The van der Waals surface area contributed by atoms with E-state index in [4.69, 9.17) is 11.6 Å². The van der Waals surface area contributed by atoms with Crippen LogP contribution in [0.2, 0.25) is 0 Å². The zero-order valence-corrected chi connectivity index (χ0v) is 53.6. The van der Waals surface area contributed by atoms with Crippen molar-refractivity contribution in [3.8, 4) is 0 Å². The van der Waals surface area contributed by atoms with Crippen LogP contribution in [0.25, 0.3) is 33.7 Å². The smallest absolute Gasteiger partial charge is 0.0619 e. The van der Waals surface area contributed by atoms with Crippen molar-refractivity contribution < 1.29 is 0 Å². The summed E-state index contributed by atoms with van der Waals surface area (Å²) in [6.45, 7) is 18.6. The van der Waals surface area contributed by atoms with Gasteiger partial charge in [0, 0.05) is 66.4 Å². The molecule has 3 heteroatoms. The van der Waals surface area contributed by atoms with Gasteiger partial charge in [-0.2, -0.15) is 0 Å². The van der Waals surface area contributed by atoms with Gasteiger partial charge in [-0.05, 0) is 134 Å². The monoisotopic (exact) mass is 1180 g/mol. The maximum absolute atomic E-state index is 6.12. The topological polar surface area (TPSA) is 6.48 Å². The average molecular weight is 1180 g/mol. The fourth-order valence-electron chi connectivity index (χ4n) is 13.4. The van der Waals surface area contributed by atoms with Gasteiger partial charge in [0.15, 0.2) is 0 Å². The predicted molar refractivity (Wildman–Crippen MR) is 384 cm³/mol. The molecular weight excluding hydrogens is 1100 g/mol. The van der Waals surface area contributed by atoms with Crippen LogP contribution in [-0.2, 0) is 22.1 Å². The number of hydrogen-bond donors (Lipinski definition) is 0. The van der Waals surface area contributed by atoms with E-state index in [9.17, 15) is 0 Å². The summed E-state index contributed by atoms with van der Waals surface area (Å²) in [4.78, 5) is 4.99. The molecule has 12 aromatic carbocycles. The minimum atomic E-state index is -0.206. The number of nitrogens with zero attached hydrogens (tertiary/aromatic N) is 2. The molecule has 442 valence electrons. The van der Waals surface area contributed by atoms with Crippen molar-refractivity contribution in [1.29, 1.82) is 0 Å². The second-order valence-electron chi connectivity index (χ2n) is 25.8. The molecule has 12 aromatic rings. The molecule has 0 N–H and O–H groups in total. The molecule has 0 aliphatic carbocycles. The number of anilines is 6. The third-order valence-corrected chi connectivity index (χ3v) is 19.5. The summed E-state index contributed by atoms with van der Waals surface area (Å²) in [5, 5.41) is 4.60. The minimum Gasteiger partial charge on any atom is -0.309 e. The molecule has 2 nitrogen and oxygen atoms in total. The molecular formula is C86H81ClN2. The molecule has 0 aliphatic rings. The van der Waals surface area contributed by atoms with Crippen LogP contribution in [0, 0.1) is 0 Å². The third kappa shape index (κ3) is 12.4. The average Bonchev–Trinajstić information content (AvgIpc) is 1.04. The number of fused-ring (bicyclic) bond motifs is 2. The highest BCUT2D eigenvalue weighted by molar-refractivity contribution is 6.23. The number of rotatable bonds is 20. The van der Waals surface area contributed by atoms with Gasteiger partial charge in [-0.1, -0.05) is 304 Å². The van der Waals surface area contributed by atoms with Crippen LogP contribution in [-0.4, -0.2) is 0 Å². The van der Waals surface area contributed by atoms with Crippen molar-refractivity contribution in [1.82, 2.24) is 0 Å². The second kappa shape index (κ2) is 25.9. The third-order valence-electron chi connectivity index (χ3n) is 19.2. The zero-order valence-electron chi connectivity index (χ0n) is 52.8. The Morgan fingerprint density at radius 1 is 0.337 bits per heavy atom. The first-order chi connectivity index (χ1) is 43.2. The molecule has 0 spiro atoms. The van der Waals surface area contributed by atoms with E-state index in [2.05, 4.69) is 362 Å². The van der Waals surface area contributed by atoms with E-state index >= 15 is 0 Å². The Morgan fingerprint density at radius 2 is 0.618 bits per heavy atom. The summed E-state index contributed by atoms with van der Waals surface area (Å²) in [5.41, 5.74) is 19.9. The highest BCUT2D eigenvalue weighted by Crippen LogP contribution is 2.52. The lowest BCUT2D eigenvalue weighted by Crippen LogP contribution is -2.20. The van der Waals surface area contributed by atoms with E-state index in [0.29, 0.717) is 17.7 Å². The number of benzene rings is 12. The Hall–Kier alpha value is -9.21. The minimum absolute atomic E-state index is 0.201. The van der Waals surface area contributed by atoms with Gasteiger partial charge < -0.3 is 9.80 Å². The second-order valence-corrected chi connectivity index (χ2v) is 26.0. The van der Waals surface area contributed by atoms with Crippen LogP contribution in [0.4, 0.5) is 34.1 Å². The van der Waals surface area contributed by atoms with Gasteiger partial charge in [0.2, 0.25) is 0 Å². The van der Waals surface area contributed by atoms with E-state index in [-0.39, 0.29) is 16.2 Å². The highest BCUT2D eigenvalue weighted by atomic mass is 35.5. The zero-order chi connectivity index (χ0) is 61.7. The Morgan fingerprint density at radius 3 is 0.933 bits per heavy atom. The first kappa shape index (κ1) is 60.1. The summed E-state index contributed by atoms with van der Waals surface area (Å²) >= 11 is 6.12. The normalized spacial score (nSPS) is 12.8. The number of hydrogen-bond acceptors (Lipinski definition) is 2. The van der Waals surface area contributed by atoms with Gasteiger partial charge in [-0.3, -0.25) is 0 Å². The summed E-state index contributed by atoms with van der Waals surface area (Å²) in [5.74, 6) is 1.48. The molecule has 0 heterocycles. The summed E-state index contributed by atoms with van der Waals surface area (Å²) in [6.07, 6.45) is 6.69. The van der Waals surface area contributed by atoms with Gasteiger partial charge in [-0.15, -0.1) is 11.6 Å². The maximum Gasteiger partial charge on any atom is 0.0619 e. The summed E-state index contributed by atoms with van der Waals surface area (Å²) in [6, 6.07) is 106. The van der Waals surface area contributed by atoms with Gasteiger partial charge in [-0.25, -0.2) is 0 Å². The molecule has 0 bridgehead atoms. The summed E-state index contributed by atoms with van der Waals surface area (Å²) in [7, 11) is 0. The van der Waals surface area contributed by atoms with Crippen molar-refractivity contribution in [3.05, 3.63) is 346 Å². The Labute approximate surface area is 534 Å². The Bertz CT molecular complexity index is 4190. The van der Waals surface area contributed by atoms with E-state index in [1.807, 2.05) is 0 Å². The molecule has 89 heavy (non-hydrogen) atoms. The molecule has 0 radical (unpaired) electrons. The van der Waals surface area contributed by atoms with Gasteiger partial charge in [0.05, 0.1) is 11.4 Å². The quantitative estimate of drug-likeness (QED) is 0.0325. The maximum atomic E-state index is 6.12. The van der Waals surface area contributed by atoms with E-state index in [1.165, 1.54) is 55.6 Å². The predicted octanol–water partition coefficient (Wildman–Crippen LogP) is 24.5. The van der Waals surface area contributed by atoms with E-state index in [0.717, 1.165) is 74.1 Å². The molecule has 0 saturated carbocycles. The van der Waals surface area contributed by atoms with Gasteiger partial charge in [0.25, 0.3) is 0 Å². The molecule has 2 atom stereocenters. The van der Waals surface area contributed by atoms with Crippen molar-refractivity contribution in [2.24, 2.45) is 0 Å². The first-order valence-electron chi connectivity index (χ1n) is 31.8. The SMILES string of the molecule is CCC(CC(C)c1ccc(/C=C/c2ccc(N(c3ccc(C(C)(C)c4ccccc4)cc3)c3c4ccccc4c(N(c4ccc(C(C)(C)c5ccccc5)cc4)c4ccc(C(C)(C)c5ccccc5)cc4)c4ccccc34)cc2)cc1)c1ccc(CCl)cc1. The standard InChI is InChI=1S/C86H81ClN2/c1-9-65(67-43-37-64(60-87)38-44-67)59-61(2)66-41-35-62(36-42-66)33-34-63-39-51-74(52-40-63)88(75-53-45-71(46-54-75)84(3,4)68-23-13-10-14-24-68)82-78-29-19-21-31-80(78)83(81-32-22-20-30-79(81)82)89(76-55-47-72(48-56-76)85(5,6)69-25-15-11-16-26-69)77-57-49-73(50-58-77)86(7,8)70-27-17-12-18-28-70/h10-58,61,65H,9,59-60H2,1-8H3/b34-33+. The van der Waals surface area contributed by atoms with E-state index in [1.54, 1.807) is 0 Å². The lowest BCUT2D eigenvalue weighted by molar-refractivity contribution is 0.544. The largest absolute Gasteiger partial charge is 0.309 e. The van der Waals surface area contributed by atoms with Crippen molar-refractivity contribution in [3.63, 3.8) is 0 Å². The van der Waals surface area contributed by atoms with Crippen LogP contribution < -0.4 is 9.80 Å². The van der Waals surface area contributed by atoms with Crippen LogP contribution in [0.5, 0.6) is 0 Å². The Balaban J connectivity index is 0.957. The molecule has 12 rings (SSSR count). The molecule has 0 aliphatic heterocycles. The molecule has 0 aromatic heterocycles. The van der Waals surface area contributed by atoms with Crippen LogP contribution in [0.3, 0.4) is 0 Å². The van der Waals surface area contributed by atoms with Crippen LogP contribution in [0.1, 0.15) is 141 Å². The van der Waals surface area contributed by atoms with Crippen molar-refractivity contribution in [2.45, 2.75) is 102 Å². The van der Waals surface area contributed by atoms with Crippen LogP contribution >= 0.6 is 11.6 Å². The molecule has 0 fully saturated rings. The number of alkyl halides is 1. The van der Waals surface area contributed by atoms with Crippen molar-refractivity contribution >= 4 is 79.4 Å². The molecule has 0 saturated heterocycles. The number of halogens is 1. The lowest BCUT2D eigenvalue weighted by Gasteiger charge is -2.34. The molecule has 2 unspecified atom stereocenters. The fourth-order valence-corrected chi connectivity index (χ4v) is 13.5. The highest BCUT2D eigenvalue weighted by Gasteiger charge is 2.30. The van der Waals surface area contributed by atoms with Crippen LogP contribution in [0.15, 0.2) is 285 Å². The summed E-state index contributed by atoms with van der Waals surface area (Å²) < 4.78 is 0. The lowest BCUT2D eigenvalue weighted by atomic mass is 9.78. The van der Waals surface area contributed by atoms with Crippen molar-refractivity contribution in [2.75, 3.05) is 9.80 Å².